The minimum Gasteiger partial charge on any atom is -0.373 e. The van der Waals surface area contributed by atoms with Crippen LogP contribution in [0.25, 0.3) is 0 Å². The summed E-state index contributed by atoms with van der Waals surface area (Å²) in [4.78, 5) is 16.0. The van der Waals surface area contributed by atoms with E-state index in [-0.39, 0.29) is 12.4 Å². The molecule has 0 aliphatic carbocycles. The van der Waals surface area contributed by atoms with Gasteiger partial charge in [-0.25, -0.2) is 0 Å². The van der Waals surface area contributed by atoms with Gasteiger partial charge in [-0.2, -0.15) is 5.26 Å². The van der Waals surface area contributed by atoms with E-state index in [0.717, 1.165) is 5.69 Å². The number of pyridine rings is 1. The zero-order chi connectivity index (χ0) is 14.2. The lowest BCUT2D eigenvalue weighted by Gasteiger charge is -2.04. The van der Waals surface area contributed by atoms with Crippen molar-refractivity contribution >= 4 is 5.78 Å². The van der Waals surface area contributed by atoms with Crippen LogP contribution in [0.4, 0.5) is 0 Å². The zero-order valence-corrected chi connectivity index (χ0v) is 11.0. The third-order valence-corrected chi connectivity index (χ3v) is 2.80. The van der Waals surface area contributed by atoms with Crippen LogP contribution in [0.5, 0.6) is 0 Å². The Morgan fingerprint density at radius 3 is 2.65 bits per heavy atom. The summed E-state index contributed by atoms with van der Waals surface area (Å²) in [6.45, 7) is 0.498. The smallest absolute Gasteiger partial charge is 0.188 e. The topological polar surface area (TPSA) is 63.0 Å². The van der Waals surface area contributed by atoms with Crippen molar-refractivity contribution in [2.45, 2.75) is 6.42 Å². The normalized spacial score (nSPS) is 9.95. The minimum absolute atomic E-state index is 0.0404. The van der Waals surface area contributed by atoms with Gasteiger partial charge in [-0.3, -0.25) is 9.78 Å². The molecule has 0 radical (unpaired) electrons. The number of hydrogen-bond acceptors (Lipinski definition) is 4. The number of ether oxygens (including phenoxy) is 1. The Morgan fingerprint density at radius 2 is 2.00 bits per heavy atom. The first-order valence-electron chi connectivity index (χ1n) is 6.30. The summed E-state index contributed by atoms with van der Waals surface area (Å²) in [5.74, 6) is -0.0875. The highest BCUT2D eigenvalue weighted by molar-refractivity contribution is 5.97. The van der Waals surface area contributed by atoms with Crippen molar-refractivity contribution in [2.75, 3.05) is 13.2 Å². The predicted octanol–water partition coefficient (Wildman–Crippen LogP) is 2.40. The number of benzene rings is 1. The quantitative estimate of drug-likeness (QED) is 0.595. The third-order valence-electron chi connectivity index (χ3n) is 2.80. The second-order valence-corrected chi connectivity index (χ2v) is 4.24. The number of carbonyl (C=O) groups excluding carboxylic acids is 1. The molecule has 1 heterocycles. The zero-order valence-electron chi connectivity index (χ0n) is 11.0. The standard InChI is InChI=1S/C16H14N2O2/c17-11-13-4-6-14(7-5-13)16(19)12-20-10-8-15-3-1-2-9-18-15/h1-7,9H,8,10,12H2. The molecule has 0 unspecified atom stereocenters. The lowest BCUT2D eigenvalue weighted by Crippen LogP contribution is -2.11. The number of rotatable bonds is 6. The summed E-state index contributed by atoms with van der Waals surface area (Å²) in [6, 6.07) is 14.3. The summed E-state index contributed by atoms with van der Waals surface area (Å²) >= 11 is 0. The number of aromatic nitrogens is 1. The molecule has 20 heavy (non-hydrogen) atoms. The highest BCUT2D eigenvalue weighted by atomic mass is 16.5. The van der Waals surface area contributed by atoms with Gasteiger partial charge in [0.15, 0.2) is 5.78 Å². The third kappa shape index (κ3) is 4.01. The molecular formula is C16H14N2O2. The summed E-state index contributed by atoms with van der Waals surface area (Å²) in [6.07, 6.45) is 2.42. The molecule has 0 atom stereocenters. The Labute approximate surface area is 117 Å². The van der Waals surface area contributed by atoms with Crippen LogP contribution in [0.1, 0.15) is 21.6 Å². The van der Waals surface area contributed by atoms with Crippen molar-refractivity contribution in [2.24, 2.45) is 0 Å². The predicted molar refractivity (Wildman–Crippen MR) is 74.2 cm³/mol. The fourth-order valence-corrected chi connectivity index (χ4v) is 1.70. The van der Waals surface area contributed by atoms with E-state index >= 15 is 0 Å². The van der Waals surface area contributed by atoms with Crippen molar-refractivity contribution in [1.82, 2.24) is 4.98 Å². The number of ketones is 1. The van der Waals surface area contributed by atoms with Crippen LogP contribution in [0.15, 0.2) is 48.7 Å². The number of nitriles is 1. The fraction of sp³-hybridized carbons (Fsp3) is 0.188. The van der Waals surface area contributed by atoms with Crippen LogP contribution in [0.2, 0.25) is 0 Å². The van der Waals surface area contributed by atoms with E-state index in [1.165, 1.54) is 0 Å². The maximum absolute atomic E-state index is 11.8. The van der Waals surface area contributed by atoms with Crippen molar-refractivity contribution < 1.29 is 9.53 Å². The van der Waals surface area contributed by atoms with E-state index in [1.807, 2.05) is 24.3 Å². The molecular weight excluding hydrogens is 252 g/mol. The van der Waals surface area contributed by atoms with Gasteiger partial charge in [-0.05, 0) is 24.3 Å². The molecule has 4 heteroatoms. The first kappa shape index (κ1) is 13.9. The Bertz CT molecular complexity index is 601. The number of carbonyl (C=O) groups is 1. The van der Waals surface area contributed by atoms with Crippen LogP contribution < -0.4 is 0 Å². The van der Waals surface area contributed by atoms with Gasteiger partial charge in [0.05, 0.1) is 18.2 Å². The summed E-state index contributed by atoms with van der Waals surface area (Å²) in [5, 5.41) is 8.68. The molecule has 0 saturated heterocycles. The average molecular weight is 266 g/mol. The van der Waals surface area contributed by atoms with E-state index in [4.69, 9.17) is 10.00 Å². The molecule has 1 aromatic carbocycles. The second kappa shape index (κ2) is 7.17. The first-order valence-corrected chi connectivity index (χ1v) is 6.30. The molecule has 0 N–H and O–H groups in total. The molecule has 0 amide bonds. The van der Waals surface area contributed by atoms with Crippen LogP contribution in [0, 0.1) is 11.3 Å². The summed E-state index contributed by atoms with van der Waals surface area (Å²) in [5.41, 5.74) is 2.04. The van der Waals surface area contributed by atoms with E-state index in [0.29, 0.717) is 24.2 Å². The van der Waals surface area contributed by atoms with Gasteiger partial charge in [0.25, 0.3) is 0 Å². The lowest BCUT2D eigenvalue weighted by molar-refractivity contribution is 0.0764. The number of hydrogen-bond donors (Lipinski definition) is 0. The molecule has 0 saturated carbocycles. The van der Waals surface area contributed by atoms with Crippen LogP contribution in [0.3, 0.4) is 0 Å². The SMILES string of the molecule is N#Cc1ccc(C(=O)COCCc2ccccn2)cc1. The number of nitrogens with zero attached hydrogens (tertiary/aromatic N) is 2. The van der Waals surface area contributed by atoms with Gasteiger partial charge in [0.1, 0.15) is 6.61 Å². The van der Waals surface area contributed by atoms with Crippen molar-refractivity contribution in [3.8, 4) is 6.07 Å². The monoisotopic (exact) mass is 266 g/mol. The summed E-state index contributed by atoms with van der Waals surface area (Å²) in [7, 11) is 0. The molecule has 0 fully saturated rings. The Kier molecular flexibility index (Phi) is 4.99. The highest BCUT2D eigenvalue weighted by Crippen LogP contribution is 2.05. The molecule has 0 spiro atoms. The lowest BCUT2D eigenvalue weighted by atomic mass is 10.1. The maximum Gasteiger partial charge on any atom is 0.188 e. The molecule has 4 nitrogen and oxygen atoms in total. The van der Waals surface area contributed by atoms with Crippen molar-refractivity contribution in [3.05, 3.63) is 65.5 Å². The van der Waals surface area contributed by atoms with Crippen molar-refractivity contribution in [3.63, 3.8) is 0 Å². The van der Waals surface area contributed by atoms with Crippen LogP contribution in [-0.2, 0) is 11.2 Å². The Morgan fingerprint density at radius 1 is 1.20 bits per heavy atom. The molecule has 0 aliphatic heterocycles. The van der Waals surface area contributed by atoms with E-state index in [2.05, 4.69) is 4.98 Å². The molecule has 1 aromatic heterocycles. The molecule has 2 rings (SSSR count). The largest absolute Gasteiger partial charge is 0.373 e. The average Bonchev–Trinajstić information content (AvgIpc) is 2.52. The summed E-state index contributed by atoms with van der Waals surface area (Å²) < 4.78 is 5.36. The van der Waals surface area contributed by atoms with Gasteiger partial charge >= 0.3 is 0 Å². The number of Topliss-reactive ketones (excluding diaryl/α,β-unsaturated/α-hetero) is 1. The van der Waals surface area contributed by atoms with Crippen molar-refractivity contribution in [1.29, 1.82) is 5.26 Å². The van der Waals surface area contributed by atoms with E-state index < -0.39 is 0 Å². The molecule has 100 valence electrons. The maximum atomic E-state index is 11.8. The van der Waals surface area contributed by atoms with Gasteiger partial charge in [-0.1, -0.05) is 18.2 Å². The van der Waals surface area contributed by atoms with Gasteiger partial charge in [0.2, 0.25) is 0 Å². The van der Waals surface area contributed by atoms with E-state index in [9.17, 15) is 4.79 Å². The van der Waals surface area contributed by atoms with Gasteiger partial charge < -0.3 is 4.74 Å². The van der Waals surface area contributed by atoms with E-state index in [1.54, 1.807) is 30.5 Å². The second-order valence-electron chi connectivity index (χ2n) is 4.24. The molecule has 0 bridgehead atoms. The van der Waals surface area contributed by atoms with Crippen LogP contribution >= 0.6 is 0 Å². The Hall–Kier alpha value is -2.51. The fourth-order valence-electron chi connectivity index (χ4n) is 1.70. The first-order chi connectivity index (χ1) is 9.79. The minimum atomic E-state index is -0.0875. The molecule has 2 aromatic rings. The van der Waals surface area contributed by atoms with Gasteiger partial charge in [-0.15, -0.1) is 0 Å². The molecule has 0 aliphatic rings. The van der Waals surface area contributed by atoms with Crippen LogP contribution in [-0.4, -0.2) is 24.0 Å². The Balaban J connectivity index is 1.76. The van der Waals surface area contributed by atoms with Gasteiger partial charge in [0, 0.05) is 23.9 Å². The highest BCUT2D eigenvalue weighted by Gasteiger charge is 2.06.